The van der Waals surface area contributed by atoms with Gasteiger partial charge in [-0.15, -0.1) is 0 Å². The number of primary amides is 1. The highest BCUT2D eigenvalue weighted by atomic mass is 35.5. The molecule has 1 saturated heterocycles. The lowest BCUT2D eigenvalue weighted by atomic mass is 10.0. The van der Waals surface area contributed by atoms with Gasteiger partial charge in [0.2, 0.25) is 0 Å². The number of alkyl halides is 1. The number of likely N-dealkylation sites (tertiary alicyclic amines) is 1. The first-order chi connectivity index (χ1) is 13.5. The molecule has 0 bridgehead atoms. The van der Waals surface area contributed by atoms with Crippen molar-refractivity contribution in [2.24, 2.45) is 5.73 Å². The lowest BCUT2D eigenvalue weighted by molar-refractivity contribution is 0.0622. The molecule has 1 fully saturated rings. The molecule has 1 atom stereocenters. The second kappa shape index (κ2) is 7.69. The van der Waals surface area contributed by atoms with Crippen molar-refractivity contribution < 1.29 is 9.18 Å². The van der Waals surface area contributed by atoms with E-state index in [0.717, 1.165) is 5.56 Å². The van der Waals surface area contributed by atoms with Crippen molar-refractivity contribution in [3.8, 4) is 0 Å². The van der Waals surface area contributed by atoms with E-state index in [2.05, 4.69) is 15.3 Å². The zero-order valence-corrected chi connectivity index (χ0v) is 15.7. The number of anilines is 1. The van der Waals surface area contributed by atoms with Gasteiger partial charge in [-0.05, 0) is 29.8 Å². The van der Waals surface area contributed by atoms with Gasteiger partial charge in [-0.2, -0.15) is 0 Å². The summed E-state index contributed by atoms with van der Waals surface area (Å²) in [6.07, 6.45) is 0.617. The summed E-state index contributed by atoms with van der Waals surface area (Å²) in [4.78, 5) is 22.3. The van der Waals surface area contributed by atoms with Gasteiger partial charge in [0.05, 0.1) is 17.1 Å². The Bertz CT molecular complexity index is 1020. The molecule has 2 aromatic carbocycles. The number of halogens is 2. The number of benzene rings is 2. The van der Waals surface area contributed by atoms with E-state index in [1.54, 1.807) is 12.1 Å². The summed E-state index contributed by atoms with van der Waals surface area (Å²) in [6.45, 7) is 1.42. The predicted octanol–water partition coefficient (Wildman–Crippen LogP) is 3.19. The molecule has 2 heterocycles. The molecule has 28 heavy (non-hydrogen) atoms. The summed E-state index contributed by atoms with van der Waals surface area (Å²) < 4.78 is 13.3. The fraction of sp³-hybridized carbons (Fsp3) is 0.250. The number of fused-ring (bicyclic) bond motifs is 1. The lowest BCUT2D eigenvalue weighted by Crippen LogP contribution is -2.50. The number of carbonyl (C=O) groups excluding carboxylic acids is 1. The molecule has 0 aliphatic carbocycles. The maximum Gasteiger partial charge on any atom is 0.250 e. The van der Waals surface area contributed by atoms with E-state index in [1.807, 2.05) is 35.2 Å². The molecule has 6 nitrogen and oxygen atoms in total. The van der Waals surface area contributed by atoms with Crippen LogP contribution in [0.5, 0.6) is 0 Å². The summed E-state index contributed by atoms with van der Waals surface area (Å²) >= 11 is 6.17. The van der Waals surface area contributed by atoms with Crippen LogP contribution >= 0.6 is 11.6 Å². The third-order valence-electron chi connectivity index (χ3n) is 4.85. The van der Waals surface area contributed by atoms with Gasteiger partial charge >= 0.3 is 0 Å². The van der Waals surface area contributed by atoms with E-state index in [-0.39, 0.29) is 6.04 Å². The van der Waals surface area contributed by atoms with Gasteiger partial charge in [-0.1, -0.05) is 29.8 Å². The topological polar surface area (TPSA) is 84.1 Å². The molecule has 3 N–H and O–H groups in total. The lowest BCUT2D eigenvalue weighted by Gasteiger charge is -2.37. The third kappa shape index (κ3) is 3.76. The maximum absolute atomic E-state index is 13.3. The van der Waals surface area contributed by atoms with Crippen molar-refractivity contribution in [1.82, 2.24) is 14.9 Å². The Morgan fingerprint density at radius 3 is 2.79 bits per heavy atom. The summed E-state index contributed by atoms with van der Waals surface area (Å²) in [5.41, 5.74) is 7.26. The highest BCUT2D eigenvalue weighted by Crippen LogP contribution is 2.28. The van der Waals surface area contributed by atoms with Crippen LogP contribution in [0.4, 0.5) is 10.2 Å². The first-order valence-corrected chi connectivity index (χ1v) is 9.31. The van der Waals surface area contributed by atoms with Gasteiger partial charge < -0.3 is 11.1 Å². The van der Waals surface area contributed by atoms with Crippen LogP contribution in [-0.2, 0) is 0 Å². The Hall–Kier alpha value is -2.77. The number of hydrogen-bond acceptors (Lipinski definition) is 5. The number of para-hydroxylation sites is 1. The maximum atomic E-state index is 13.3. The number of nitrogens with one attached hydrogen (secondary N) is 1. The number of nitrogens with two attached hydrogens (primary N) is 1. The molecule has 144 valence electrons. The largest absolute Gasteiger partial charge is 0.366 e. The SMILES string of the molecule is NC(=O)c1cccc2c(N[C@H](CN3CC(F)C3)c3cccc(Cl)c3)ncnc12. The first-order valence-electron chi connectivity index (χ1n) is 8.93. The van der Waals surface area contributed by atoms with Gasteiger partial charge in [0.15, 0.2) is 0 Å². The fourth-order valence-corrected chi connectivity index (χ4v) is 3.64. The first kappa shape index (κ1) is 18.6. The molecule has 1 amide bonds. The molecular formula is C20H19ClFN5O. The van der Waals surface area contributed by atoms with E-state index < -0.39 is 12.1 Å². The summed E-state index contributed by atoms with van der Waals surface area (Å²) in [5, 5.41) is 4.74. The molecule has 1 aliphatic rings. The Labute approximate surface area is 166 Å². The third-order valence-corrected chi connectivity index (χ3v) is 5.08. The second-order valence-electron chi connectivity index (χ2n) is 6.86. The van der Waals surface area contributed by atoms with Gasteiger partial charge in [0, 0.05) is 30.0 Å². The van der Waals surface area contributed by atoms with E-state index in [9.17, 15) is 9.18 Å². The van der Waals surface area contributed by atoms with Crippen LogP contribution in [0.3, 0.4) is 0 Å². The van der Waals surface area contributed by atoms with Crippen molar-refractivity contribution in [3.63, 3.8) is 0 Å². The van der Waals surface area contributed by atoms with Gasteiger partial charge in [-0.25, -0.2) is 14.4 Å². The van der Waals surface area contributed by atoms with E-state index in [4.69, 9.17) is 17.3 Å². The Morgan fingerprint density at radius 2 is 2.07 bits per heavy atom. The fourth-order valence-electron chi connectivity index (χ4n) is 3.44. The predicted molar refractivity (Wildman–Crippen MR) is 107 cm³/mol. The zero-order chi connectivity index (χ0) is 19.7. The molecule has 4 rings (SSSR count). The van der Waals surface area contributed by atoms with Crippen LogP contribution in [-0.4, -0.2) is 46.6 Å². The highest BCUT2D eigenvalue weighted by molar-refractivity contribution is 6.30. The van der Waals surface area contributed by atoms with Crippen LogP contribution in [0.1, 0.15) is 22.0 Å². The van der Waals surface area contributed by atoms with Crippen LogP contribution in [0.2, 0.25) is 5.02 Å². The quantitative estimate of drug-likeness (QED) is 0.665. The minimum absolute atomic E-state index is 0.165. The van der Waals surface area contributed by atoms with Crippen LogP contribution in [0, 0.1) is 0 Å². The Morgan fingerprint density at radius 1 is 1.29 bits per heavy atom. The highest BCUT2D eigenvalue weighted by Gasteiger charge is 2.29. The minimum atomic E-state index is -0.780. The smallest absolute Gasteiger partial charge is 0.250 e. The number of carbonyl (C=O) groups is 1. The zero-order valence-electron chi connectivity index (χ0n) is 15.0. The van der Waals surface area contributed by atoms with Gasteiger partial charge in [-0.3, -0.25) is 9.69 Å². The van der Waals surface area contributed by atoms with E-state index in [1.165, 1.54) is 6.33 Å². The van der Waals surface area contributed by atoms with Crippen LogP contribution in [0.15, 0.2) is 48.8 Å². The number of amides is 1. The number of nitrogens with zero attached hydrogens (tertiary/aromatic N) is 3. The normalized spacial score (nSPS) is 15.9. The summed E-state index contributed by atoms with van der Waals surface area (Å²) in [7, 11) is 0. The molecule has 3 aromatic rings. The average Bonchev–Trinajstić information content (AvgIpc) is 2.65. The van der Waals surface area contributed by atoms with Crippen LogP contribution < -0.4 is 11.1 Å². The minimum Gasteiger partial charge on any atom is -0.366 e. The second-order valence-corrected chi connectivity index (χ2v) is 7.29. The van der Waals surface area contributed by atoms with Gasteiger partial charge in [0.25, 0.3) is 5.91 Å². The van der Waals surface area contributed by atoms with Crippen LogP contribution in [0.25, 0.3) is 10.9 Å². The molecular weight excluding hydrogens is 381 g/mol. The number of aromatic nitrogens is 2. The van der Waals surface area contributed by atoms with Gasteiger partial charge in [0.1, 0.15) is 18.3 Å². The van der Waals surface area contributed by atoms with E-state index in [0.29, 0.717) is 46.9 Å². The van der Waals surface area contributed by atoms with E-state index >= 15 is 0 Å². The molecule has 1 aromatic heterocycles. The molecule has 0 spiro atoms. The van der Waals surface area contributed by atoms with Crippen molar-refractivity contribution in [2.45, 2.75) is 12.2 Å². The standard InChI is InChI=1S/C20H19ClFN5O/c21-13-4-1-3-12(7-13)17(10-27-8-14(22)9-27)26-20-16-6-2-5-15(19(23)28)18(16)24-11-25-20/h1-7,11,14,17H,8-10H2,(H2,23,28)(H,24,25,26)/t17-/m1/s1. The van der Waals surface area contributed by atoms with Crippen molar-refractivity contribution in [3.05, 3.63) is 64.9 Å². The molecule has 0 radical (unpaired) electrons. The average molecular weight is 400 g/mol. The molecule has 0 saturated carbocycles. The van der Waals surface area contributed by atoms with Crippen molar-refractivity contribution in [2.75, 3.05) is 25.0 Å². The summed E-state index contributed by atoms with van der Waals surface area (Å²) in [5.74, 6) is 0.0339. The van der Waals surface area contributed by atoms with Crippen molar-refractivity contribution in [1.29, 1.82) is 0 Å². The number of rotatable bonds is 6. The molecule has 1 aliphatic heterocycles. The Kier molecular flexibility index (Phi) is 5.11. The summed E-state index contributed by atoms with van der Waals surface area (Å²) in [6, 6.07) is 12.6. The molecule has 8 heteroatoms. The Balaban J connectivity index is 1.70. The molecule has 0 unspecified atom stereocenters. The van der Waals surface area contributed by atoms with Crippen molar-refractivity contribution >= 4 is 34.2 Å². The number of hydrogen-bond donors (Lipinski definition) is 2. The monoisotopic (exact) mass is 399 g/mol.